The number of non-ortho nitro benzene ring substituents is 1. The van der Waals surface area contributed by atoms with Crippen molar-refractivity contribution in [3.8, 4) is 0 Å². The van der Waals surface area contributed by atoms with E-state index in [-0.39, 0.29) is 37.2 Å². The van der Waals surface area contributed by atoms with Gasteiger partial charge in [0.2, 0.25) is 17.7 Å². The van der Waals surface area contributed by atoms with Crippen molar-refractivity contribution in [3.05, 3.63) is 34.4 Å². The Kier molecular flexibility index (Phi) is 9.03. The molecule has 14 heteroatoms. The number of nitrogens with two attached hydrogens (primary N) is 1. The molecule has 2 fully saturated rings. The summed E-state index contributed by atoms with van der Waals surface area (Å²) in [7, 11) is 0. The average Bonchev–Trinajstić information content (AvgIpc) is 3.38. The molecule has 0 aromatic heterocycles. The molecule has 0 unspecified atom stereocenters. The van der Waals surface area contributed by atoms with Crippen LogP contribution in [0.5, 0.6) is 0 Å². The first-order valence-corrected chi connectivity index (χ1v) is 13.1. The number of nitro groups is 1. The fourth-order valence-electron chi connectivity index (χ4n) is 5.20. The third-order valence-electron chi connectivity index (χ3n) is 7.29. The Morgan fingerprint density at radius 3 is 2.25 bits per heavy atom. The number of imide groups is 1. The van der Waals surface area contributed by atoms with Gasteiger partial charge in [0, 0.05) is 37.2 Å². The summed E-state index contributed by atoms with van der Waals surface area (Å²) >= 11 is 0. The van der Waals surface area contributed by atoms with Gasteiger partial charge in [-0.1, -0.05) is 13.8 Å². The number of hydrogen-bond acceptors (Lipinski definition) is 9. The molecule has 4 N–H and O–H groups in total. The highest BCUT2D eigenvalue weighted by atomic mass is 16.6. The fourth-order valence-corrected chi connectivity index (χ4v) is 5.20. The maximum atomic E-state index is 14.0. The number of benzene rings is 1. The fraction of sp³-hybridized carbons (Fsp3) is 0.538. The Bertz CT molecular complexity index is 1230. The average molecular weight is 559 g/mol. The van der Waals surface area contributed by atoms with Gasteiger partial charge in [-0.2, -0.15) is 0 Å². The first-order chi connectivity index (χ1) is 18.7. The second-order valence-electron chi connectivity index (χ2n) is 10.4. The Hall–Kier alpha value is -4.20. The highest BCUT2D eigenvalue weighted by Gasteiger charge is 2.60. The molecule has 2 aliphatic heterocycles. The summed E-state index contributed by atoms with van der Waals surface area (Å²) < 4.78 is 0. The third-order valence-corrected chi connectivity index (χ3v) is 7.29. The second kappa shape index (κ2) is 11.9. The molecule has 14 nitrogen and oxygen atoms in total. The summed E-state index contributed by atoms with van der Waals surface area (Å²) in [5.74, 6) is -5.12. The molecule has 0 saturated carbocycles. The van der Waals surface area contributed by atoms with E-state index < -0.39 is 69.8 Å². The van der Waals surface area contributed by atoms with E-state index in [1.807, 2.05) is 0 Å². The number of carbonyl (C=O) groups is 6. The Morgan fingerprint density at radius 2 is 1.70 bits per heavy atom. The van der Waals surface area contributed by atoms with E-state index in [1.54, 1.807) is 0 Å². The number of nitro benzene ring substituents is 1. The monoisotopic (exact) mass is 558 g/mol. The minimum atomic E-state index is -2.21. The standard InChI is InChI=1S/C26H34N6O8/c1-14(2)26(25(38)29-17-7-9-18(10-8-17)32(39)40)20(33)11-12-21(34)31(26)24(37)19-6-5-13-30(19)23(36)16(4)28-22(35)15(3)27/h7-10,14-16,19H,5-6,11-13,27H2,1-4H3,(H,28,35)(H,29,38)/t15-,16-,19-,26+/m0/s1. The minimum Gasteiger partial charge on any atom is -0.343 e. The van der Waals surface area contributed by atoms with Crippen LogP contribution in [-0.2, 0) is 28.8 Å². The van der Waals surface area contributed by atoms with Crippen molar-refractivity contribution in [2.75, 3.05) is 11.9 Å². The van der Waals surface area contributed by atoms with E-state index >= 15 is 0 Å². The van der Waals surface area contributed by atoms with Crippen molar-refractivity contribution in [2.45, 2.75) is 77.0 Å². The number of carbonyl (C=O) groups excluding carboxylic acids is 6. The van der Waals surface area contributed by atoms with Crippen LogP contribution in [0.25, 0.3) is 0 Å². The zero-order chi connectivity index (χ0) is 29.9. The molecular formula is C26H34N6O8. The lowest BCUT2D eigenvalue weighted by atomic mass is 9.74. The molecule has 1 aromatic rings. The SMILES string of the molecule is CC(C)[C@]1(C(=O)Nc2ccc([N+](=O)[O-])cc2)C(=O)CCC(=O)N1C(=O)[C@@H]1CCCN1C(=O)[C@H](C)NC(=O)[C@H](C)N. The predicted octanol–water partition coefficient (Wildman–Crippen LogP) is 0.489. The van der Waals surface area contributed by atoms with Gasteiger partial charge >= 0.3 is 0 Å². The maximum absolute atomic E-state index is 14.0. The molecule has 2 aliphatic rings. The van der Waals surface area contributed by atoms with Crippen LogP contribution in [0, 0.1) is 16.0 Å². The molecule has 2 heterocycles. The van der Waals surface area contributed by atoms with E-state index in [9.17, 15) is 38.9 Å². The van der Waals surface area contributed by atoms with Gasteiger partial charge in [0.25, 0.3) is 17.5 Å². The molecule has 0 bridgehead atoms. The number of Topliss-reactive ketones (excluding diaryl/α,β-unsaturated/α-hetero) is 1. The molecule has 40 heavy (non-hydrogen) atoms. The summed E-state index contributed by atoms with van der Waals surface area (Å²) in [5.41, 5.74) is 3.28. The Labute approximate surface area is 230 Å². The van der Waals surface area contributed by atoms with Crippen LogP contribution in [0.4, 0.5) is 11.4 Å². The predicted molar refractivity (Wildman–Crippen MR) is 141 cm³/mol. The molecule has 216 valence electrons. The largest absolute Gasteiger partial charge is 0.343 e. The summed E-state index contributed by atoms with van der Waals surface area (Å²) in [6.07, 6.45) is 0.0674. The minimum absolute atomic E-state index is 0.130. The van der Waals surface area contributed by atoms with Crippen LogP contribution >= 0.6 is 0 Å². The molecule has 0 spiro atoms. The number of nitrogens with one attached hydrogen (secondary N) is 2. The van der Waals surface area contributed by atoms with Crippen LogP contribution in [0.15, 0.2) is 24.3 Å². The van der Waals surface area contributed by atoms with E-state index in [1.165, 1.54) is 56.9 Å². The van der Waals surface area contributed by atoms with Crippen LogP contribution in [0.3, 0.4) is 0 Å². The van der Waals surface area contributed by atoms with Crippen LogP contribution in [-0.4, -0.2) is 80.3 Å². The van der Waals surface area contributed by atoms with Crippen molar-refractivity contribution < 1.29 is 33.7 Å². The molecule has 0 radical (unpaired) electrons. The van der Waals surface area contributed by atoms with E-state index in [2.05, 4.69) is 10.6 Å². The molecule has 1 aromatic carbocycles. The van der Waals surface area contributed by atoms with Gasteiger partial charge in [-0.3, -0.25) is 43.8 Å². The van der Waals surface area contributed by atoms with Crippen LogP contribution in [0.1, 0.15) is 53.4 Å². The van der Waals surface area contributed by atoms with Gasteiger partial charge in [-0.15, -0.1) is 0 Å². The van der Waals surface area contributed by atoms with Gasteiger partial charge in [-0.05, 0) is 44.7 Å². The molecular weight excluding hydrogens is 524 g/mol. The van der Waals surface area contributed by atoms with Crippen molar-refractivity contribution in [3.63, 3.8) is 0 Å². The van der Waals surface area contributed by atoms with Crippen LogP contribution < -0.4 is 16.4 Å². The number of hydrogen-bond donors (Lipinski definition) is 3. The number of likely N-dealkylation sites (tertiary alicyclic amines) is 2. The molecule has 4 atom stereocenters. The van der Waals surface area contributed by atoms with E-state index in [0.29, 0.717) is 11.3 Å². The van der Waals surface area contributed by atoms with Gasteiger partial charge in [0.1, 0.15) is 12.1 Å². The quantitative estimate of drug-likeness (QED) is 0.176. The van der Waals surface area contributed by atoms with Gasteiger partial charge in [0.05, 0.1) is 11.0 Å². The van der Waals surface area contributed by atoms with Crippen molar-refractivity contribution >= 4 is 46.7 Å². The first kappa shape index (κ1) is 30.3. The van der Waals surface area contributed by atoms with Crippen LogP contribution in [0.2, 0.25) is 0 Å². The topological polar surface area (TPSA) is 202 Å². The normalized spacial score (nSPS) is 22.6. The molecule has 5 amide bonds. The summed E-state index contributed by atoms with van der Waals surface area (Å²) in [4.78, 5) is 92.1. The van der Waals surface area contributed by atoms with Gasteiger partial charge < -0.3 is 21.3 Å². The zero-order valence-corrected chi connectivity index (χ0v) is 22.8. The number of piperidine rings is 1. The second-order valence-corrected chi connectivity index (χ2v) is 10.4. The summed E-state index contributed by atoms with van der Waals surface area (Å²) in [6, 6.07) is 1.89. The lowest BCUT2D eigenvalue weighted by Crippen LogP contribution is -2.72. The van der Waals surface area contributed by atoms with Gasteiger partial charge in [-0.25, -0.2) is 0 Å². The number of amides is 5. The zero-order valence-electron chi connectivity index (χ0n) is 22.8. The Balaban J connectivity index is 1.96. The number of rotatable bonds is 8. The highest BCUT2D eigenvalue weighted by molar-refractivity contribution is 6.23. The van der Waals surface area contributed by atoms with Gasteiger partial charge in [0.15, 0.2) is 11.3 Å². The molecule has 2 saturated heterocycles. The van der Waals surface area contributed by atoms with E-state index in [4.69, 9.17) is 5.73 Å². The molecule has 3 rings (SSSR count). The number of nitrogens with zero attached hydrogens (tertiary/aromatic N) is 3. The third kappa shape index (κ3) is 5.57. The van der Waals surface area contributed by atoms with Crippen molar-refractivity contribution in [1.29, 1.82) is 0 Å². The smallest absolute Gasteiger partial charge is 0.269 e. The highest BCUT2D eigenvalue weighted by Crippen LogP contribution is 2.37. The number of anilines is 1. The lowest BCUT2D eigenvalue weighted by molar-refractivity contribution is -0.384. The lowest BCUT2D eigenvalue weighted by Gasteiger charge is -2.46. The van der Waals surface area contributed by atoms with Crippen molar-refractivity contribution in [1.82, 2.24) is 15.1 Å². The number of ketones is 1. The summed E-state index contributed by atoms with van der Waals surface area (Å²) in [5, 5.41) is 16.0. The molecule has 0 aliphatic carbocycles. The first-order valence-electron chi connectivity index (χ1n) is 13.1. The maximum Gasteiger partial charge on any atom is 0.269 e. The Morgan fingerprint density at radius 1 is 1.07 bits per heavy atom. The van der Waals surface area contributed by atoms with E-state index in [0.717, 1.165) is 0 Å². The van der Waals surface area contributed by atoms with Crippen molar-refractivity contribution in [2.24, 2.45) is 11.7 Å². The summed E-state index contributed by atoms with van der Waals surface area (Å²) in [6.45, 7) is 6.16.